The molecule has 1 amide bonds. The zero-order valence-corrected chi connectivity index (χ0v) is 17.7. The highest BCUT2D eigenvalue weighted by molar-refractivity contribution is 5.92. The minimum Gasteiger partial charge on any atom is -0.489 e. The van der Waals surface area contributed by atoms with Crippen LogP contribution in [-0.2, 0) is 11.4 Å². The molecule has 0 spiro atoms. The number of rotatable bonds is 8. The number of amides is 1. The Bertz CT molecular complexity index is 1120. The van der Waals surface area contributed by atoms with Crippen molar-refractivity contribution in [3.8, 4) is 5.75 Å². The summed E-state index contributed by atoms with van der Waals surface area (Å²) in [5.74, 6) is 0.612. The van der Waals surface area contributed by atoms with E-state index in [1.807, 2.05) is 115 Å². The summed E-state index contributed by atoms with van der Waals surface area (Å²) in [4.78, 5) is 12.7. The van der Waals surface area contributed by atoms with Gasteiger partial charge in [0.15, 0.2) is 0 Å². The van der Waals surface area contributed by atoms with E-state index in [0.717, 1.165) is 28.0 Å². The molecular weight excluding hydrogens is 394 g/mol. The highest BCUT2D eigenvalue weighted by Crippen LogP contribution is 2.22. The van der Waals surface area contributed by atoms with E-state index in [1.165, 1.54) is 0 Å². The molecule has 0 fully saturated rings. The second-order valence-corrected chi connectivity index (χ2v) is 7.44. The van der Waals surface area contributed by atoms with Gasteiger partial charge >= 0.3 is 0 Å². The first-order valence-electron chi connectivity index (χ1n) is 10.6. The average Bonchev–Trinajstić information content (AvgIpc) is 2.87. The van der Waals surface area contributed by atoms with Crippen LogP contribution in [0.2, 0.25) is 0 Å². The van der Waals surface area contributed by atoms with Gasteiger partial charge in [0.25, 0.3) is 0 Å². The maximum absolute atomic E-state index is 12.7. The van der Waals surface area contributed by atoms with Gasteiger partial charge in [-0.3, -0.25) is 4.79 Å². The first-order valence-corrected chi connectivity index (χ1v) is 10.6. The van der Waals surface area contributed by atoms with Crippen LogP contribution in [0.25, 0.3) is 6.08 Å². The van der Waals surface area contributed by atoms with Crippen molar-refractivity contribution in [2.45, 2.75) is 12.6 Å². The molecule has 0 aliphatic rings. The SMILES string of the molecule is O=C(/C=C/c1cccc(OCc2ccccc2)c1)NC(c1ccccc1)c1ccccc1. The topological polar surface area (TPSA) is 38.3 Å². The number of ether oxygens (including phenoxy) is 1. The van der Waals surface area contributed by atoms with E-state index in [4.69, 9.17) is 4.74 Å². The van der Waals surface area contributed by atoms with Crippen LogP contribution in [0.4, 0.5) is 0 Å². The molecule has 0 radical (unpaired) electrons. The molecule has 3 heteroatoms. The molecule has 0 aliphatic carbocycles. The zero-order chi connectivity index (χ0) is 22.0. The average molecular weight is 420 g/mol. The van der Waals surface area contributed by atoms with Gasteiger partial charge in [0.2, 0.25) is 5.91 Å². The van der Waals surface area contributed by atoms with E-state index < -0.39 is 0 Å². The fourth-order valence-corrected chi connectivity index (χ4v) is 3.46. The van der Waals surface area contributed by atoms with Crippen molar-refractivity contribution >= 4 is 12.0 Å². The molecule has 4 aromatic rings. The second kappa shape index (κ2) is 10.8. The van der Waals surface area contributed by atoms with Gasteiger partial charge in [0.1, 0.15) is 12.4 Å². The molecule has 0 aliphatic heterocycles. The fraction of sp³-hybridized carbons (Fsp3) is 0.0690. The number of benzene rings is 4. The first-order chi connectivity index (χ1) is 15.8. The molecule has 0 heterocycles. The molecule has 4 aromatic carbocycles. The number of carbonyl (C=O) groups is 1. The summed E-state index contributed by atoms with van der Waals surface area (Å²) in [6, 6.07) is 37.5. The Hall–Kier alpha value is -4.11. The lowest BCUT2D eigenvalue weighted by molar-refractivity contribution is -0.116. The second-order valence-electron chi connectivity index (χ2n) is 7.44. The van der Waals surface area contributed by atoms with Crippen molar-refractivity contribution in [2.24, 2.45) is 0 Å². The van der Waals surface area contributed by atoms with Gasteiger partial charge in [-0.25, -0.2) is 0 Å². The Morgan fingerprint density at radius 2 is 1.34 bits per heavy atom. The standard InChI is InChI=1S/C29H25NO2/c31-28(30-29(25-14-6-2-7-15-25)26-16-8-3-9-17-26)20-19-23-13-10-18-27(21-23)32-22-24-11-4-1-5-12-24/h1-21,29H,22H2,(H,30,31)/b20-19+. The van der Waals surface area contributed by atoms with Gasteiger partial charge in [0.05, 0.1) is 6.04 Å². The number of hydrogen-bond donors (Lipinski definition) is 1. The molecule has 158 valence electrons. The lowest BCUT2D eigenvalue weighted by atomic mass is 9.98. The third kappa shape index (κ3) is 5.96. The summed E-state index contributed by atoms with van der Waals surface area (Å²) in [6.45, 7) is 0.504. The van der Waals surface area contributed by atoms with Gasteiger partial charge in [-0.1, -0.05) is 103 Å². The summed E-state index contributed by atoms with van der Waals surface area (Å²) in [6.07, 6.45) is 3.37. The van der Waals surface area contributed by atoms with Crippen LogP contribution in [0, 0.1) is 0 Å². The molecule has 0 bridgehead atoms. The first kappa shape index (κ1) is 21.1. The van der Waals surface area contributed by atoms with Crippen molar-refractivity contribution in [1.82, 2.24) is 5.32 Å². The van der Waals surface area contributed by atoms with Crippen molar-refractivity contribution in [1.29, 1.82) is 0 Å². The minimum absolute atomic E-state index is 0.154. The largest absolute Gasteiger partial charge is 0.489 e. The Morgan fingerprint density at radius 3 is 1.97 bits per heavy atom. The Balaban J connectivity index is 1.43. The Kier molecular flexibility index (Phi) is 7.12. The van der Waals surface area contributed by atoms with Gasteiger partial charge < -0.3 is 10.1 Å². The summed E-state index contributed by atoms with van der Waals surface area (Å²) in [5, 5.41) is 3.12. The predicted molar refractivity (Wildman–Crippen MR) is 129 cm³/mol. The third-order valence-corrected chi connectivity index (χ3v) is 5.09. The van der Waals surface area contributed by atoms with E-state index in [2.05, 4.69) is 5.32 Å². The molecular formula is C29H25NO2. The van der Waals surface area contributed by atoms with Crippen LogP contribution in [0.3, 0.4) is 0 Å². The maximum atomic E-state index is 12.7. The quantitative estimate of drug-likeness (QED) is 0.346. The van der Waals surface area contributed by atoms with Crippen molar-refractivity contribution < 1.29 is 9.53 Å². The van der Waals surface area contributed by atoms with Crippen LogP contribution in [0.15, 0.2) is 121 Å². The summed E-state index contributed by atoms with van der Waals surface area (Å²) < 4.78 is 5.89. The number of carbonyl (C=O) groups excluding carboxylic acids is 1. The van der Waals surface area contributed by atoms with Crippen LogP contribution in [-0.4, -0.2) is 5.91 Å². The van der Waals surface area contributed by atoms with Gasteiger partial charge in [-0.15, -0.1) is 0 Å². The zero-order valence-electron chi connectivity index (χ0n) is 17.7. The molecule has 0 saturated carbocycles. The highest BCUT2D eigenvalue weighted by atomic mass is 16.5. The van der Waals surface area contributed by atoms with Crippen LogP contribution in [0.5, 0.6) is 5.75 Å². The maximum Gasteiger partial charge on any atom is 0.244 e. The Labute approximate surface area is 189 Å². The summed E-state index contributed by atoms with van der Waals surface area (Å²) >= 11 is 0. The third-order valence-electron chi connectivity index (χ3n) is 5.09. The van der Waals surface area contributed by atoms with E-state index in [1.54, 1.807) is 12.2 Å². The molecule has 1 N–H and O–H groups in total. The molecule has 0 atom stereocenters. The van der Waals surface area contributed by atoms with Crippen molar-refractivity contribution in [3.05, 3.63) is 144 Å². The normalized spacial score (nSPS) is 10.9. The van der Waals surface area contributed by atoms with Gasteiger partial charge in [0, 0.05) is 6.08 Å². The minimum atomic E-state index is -0.213. The molecule has 4 rings (SSSR count). The molecule has 0 saturated heterocycles. The van der Waals surface area contributed by atoms with Crippen LogP contribution >= 0.6 is 0 Å². The Morgan fingerprint density at radius 1 is 0.750 bits per heavy atom. The molecule has 0 aromatic heterocycles. The van der Waals surface area contributed by atoms with Crippen molar-refractivity contribution in [3.63, 3.8) is 0 Å². The van der Waals surface area contributed by atoms with E-state index in [0.29, 0.717) is 6.61 Å². The predicted octanol–water partition coefficient (Wildman–Crippen LogP) is 6.18. The van der Waals surface area contributed by atoms with Gasteiger partial charge in [-0.05, 0) is 40.5 Å². The highest BCUT2D eigenvalue weighted by Gasteiger charge is 2.15. The molecule has 32 heavy (non-hydrogen) atoms. The van der Waals surface area contributed by atoms with Crippen LogP contribution < -0.4 is 10.1 Å². The number of hydrogen-bond acceptors (Lipinski definition) is 2. The monoisotopic (exact) mass is 419 g/mol. The summed E-state index contributed by atoms with van der Waals surface area (Å²) in [7, 11) is 0. The lowest BCUT2D eigenvalue weighted by Gasteiger charge is -2.19. The lowest BCUT2D eigenvalue weighted by Crippen LogP contribution is -2.27. The number of nitrogens with one attached hydrogen (secondary N) is 1. The molecule has 3 nitrogen and oxygen atoms in total. The molecule has 0 unspecified atom stereocenters. The van der Waals surface area contributed by atoms with E-state index in [-0.39, 0.29) is 11.9 Å². The van der Waals surface area contributed by atoms with E-state index in [9.17, 15) is 4.79 Å². The van der Waals surface area contributed by atoms with E-state index >= 15 is 0 Å². The smallest absolute Gasteiger partial charge is 0.244 e. The van der Waals surface area contributed by atoms with Crippen molar-refractivity contribution in [2.75, 3.05) is 0 Å². The van der Waals surface area contributed by atoms with Crippen LogP contribution in [0.1, 0.15) is 28.3 Å². The van der Waals surface area contributed by atoms with Gasteiger partial charge in [-0.2, -0.15) is 0 Å². The summed E-state index contributed by atoms with van der Waals surface area (Å²) in [5.41, 5.74) is 4.09. The fourth-order valence-electron chi connectivity index (χ4n) is 3.46.